The van der Waals surface area contributed by atoms with Gasteiger partial charge in [0.05, 0.1) is 0 Å². The molecule has 1 nitrogen and oxygen atoms in total. The van der Waals surface area contributed by atoms with Crippen molar-refractivity contribution in [2.24, 2.45) is 0 Å². The van der Waals surface area contributed by atoms with E-state index >= 15 is 0 Å². The molecule has 82 valence electrons. The molecule has 0 fully saturated rings. The molecule has 0 aliphatic carbocycles. The zero-order valence-electron chi connectivity index (χ0n) is 8.98. The fourth-order valence-corrected chi connectivity index (χ4v) is 1.45. The van der Waals surface area contributed by atoms with E-state index in [1.54, 1.807) is 6.07 Å². The molecule has 0 atom stereocenters. The van der Waals surface area contributed by atoms with Gasteiger partial charge in [0.2, 0.25) is 0 Å². The molecular formula is C12H15ClFN. The monoisotopic (exact) mass is 227 g/mol. The summed E-state index contributed by atoms with van der Waals surface area (Å²) >= 11 is 5.73. The summed E-state index contributed by atoms with van der Waals surface area (Å²) in [6.07, 6.45) is 2.08. The average molecular weight is 228 g/mol. The van der Waals surface area contributed by atoms with E-state index in [-0.39, 0.29) is 5.82 Å². The normalized spacial score (nSPS) is 10.1. The smallest absolute Gasteiger partial charge is 0.125 e. The van der Waals surface area contributed by atoms with Crippen LogP contribution in [0.4, 0.5) is 4.39 Å². The van der Waals surface area contributed by atoms with Gasteiger partial charge in [0.1, 0.15) is 5.82 Å². The van der Waals surface area contributed by atoms with E-state index in [1.807, 2.05) is 13.8 Å². The highest BCUT2D eigenvalue weighted by atomic mass is 35.5. The molecule has 0 aliphatic heterocycles. The largest absolute Gasteiger partial charge is 0.309 e. The van der Waals surface area contributed by atoms with E-state index in [0.29, 0.717) is 11.6 Å². The topological polar surface area (TPSA) is 12.0 Å². The second kappa shape index (κ2) is 5.89. The van der Waals surface area contributed by atoms with Crippen LogP contribution in [-0.2, 0) is 6.54 Å². The number of benzene rings is 1. The molecule has 0 saturated carbocycles. The molecule has 0 spiro atoms. The molecule has 15 heavy (non-hydrogen) atoms. The van der Waals surface area contributed by atoms with Crippen LogP contribution < -0.4 is 5.32 Å². The fourth-order valence-electron chi connectivity index (χ4n) is 1.21. The van der Waals surface area contributed by atoms with Gasteiger partial charge in [-0.15, -0.1) is 0 Å². The van der Waals surface area contributed by atoms with Crippen molar-refractivity contribution in [2.45, 2.75) is 20.4 Å². The van der Waals surface area contributed by atoms with Gasteiger partial charge in [-0.05, 0) is 37.6 Å². The highest BCUT2D eigenvalue weighted by molar-refractivity contribution is 6.30. The number of hydrogen-bond acceptors (Lipinski definition) is 1. The molecule has 0 saturated heterocycles. The van der Waals surface area contributed by atoms with Crippen molar-refractivity contribution >= 4 is 11.6 Å². The molecule has 1 rings (SSSR count). The quantitative estimate of drug-likeness (QED) is 0.613. The molecular weight excluding hydrogens is 213 g/mol. The zero-order valence-corrected chi connectivity index (χ0v) is 9.74. The van der Waals surface area contributed by atoms with E-state index in [1.165, 1.54) is 17.7 Å². The highest BCUT2D eigenvalue weighted by Crippen LogP contribution is 2.13. The standard InChI is InChI=1S/C12H15ClFN/c1-9(2)3-4-15-8-10-5-11(13)7-12(14)6-10/h3,5-7,15H,4,8H2,1-2H3. The SMILES string of the molecule is CC(C)=CCNCc1cc(F)cc(Cl)c1. The maximum absolute atomic E-state index is 12.9. The molecule has 0 unspecified atom stereocenters. The third-order valence-electron chi connectivity index (χ3n) is 1.91. The van der Waals surface area contributed by atoms with Gasteiger partial charge in [-0.1, -0.05) is 23.3 Å². The lowest BCUT2D eigenvalue weighted by Gasteiger charge is -2.03. The summed E-state index contributed by atoms with van der Waals surface area (Å²) in [5, 5.41) is 3.62. The van der Waals surface area contributed by atoms with Crippen LogP contribution in [0.15, 0.2) is 29.8 Å². The summed E-state index contributed by atoms with van der Waals surface area (Å²) in [5.41, 5.74) is 2.13. The van der Waals surface area contributed by atoms with Gasteiger partial charge in [-0.25, -0.2) is 4.39 Å². The van der Waals surface area contributed by atoms with E-state index in [4.69, 9.17) is 11.6 Å². The summed E-state index contributed by atoms with van der Waals surface area (Å²) in [6, 6.07) is 4.56. The number of rotatable bonds is 4. The van der Waals surface area contributed by atoms with Crippen molar-refractivity contribution in [3.8, 4) is 0 Å². The molecule has 0 aliphatic rings. The summed E-state index contributed by atoms with van der Waals surface area (Å²) in [7, 11) is 0. The predicted molar refractivity (Wildman–Crippen MR) is 62.5 cm³/mol. The molecule has 0 bridgehead atoms. The molecule has 1 aromatic rings. The van der Waals surface area contributed by atoms with Crippen LogP contribution in [0.1, 0.15) is 19.4 Å². The first-order valence-electron chi connectivity index (χ1n) is 4.87. The molecule has 0 radical (unpaired) electrons. The van der Waals surface area contributed by atoms with Crippen LogP contribution in [0.3, 0.4) is 0 Å². The Labute approximate surface area is 95.0 Å². The number of hydrogen-bond donors (Lipinski definition) is 1. The molecule has 3 heteroatoms. The van der Waals surface area contributed by atoms with E-state index in [0.717, 1.165) is 12.1 Å². The summed E-state index contributed by atoms with van der Waals surface area (Å²) in [6.45, 7) is 5.50. The predicted octanol–water partition coefficient (Wildman–Crippen LogP) is 3.53. The maximum atomic E-state index is 12.9. The van der Waals surface area contributed by atoms with E-state index < -0.39 is 0 Å². The van der Waals surface area contributed by atoms with Crippen molar-refractivity contribution in [1.29, 1.82) is 0 Å². The zero-order chi connectivity index (χ0) is 11.3. The second-order valence-corrected chi connectivity index (χ2v) is 4.13. The lowest BCUT2D eigenvalue weighted by molar-refractivity contribution is 0.623. The van der Waals surface area contributed by atoms with Crippen LogP contribution >= 0.6 is 11.6 Å². The Kier molecular flexibility index (Phi) is 4.79. The van der Waals surface area contributed by atoms with Crippen LogP contribution in [0, 0.1) is 5.82 Å². The minimum atomic E-state index is -0.290. The van der Waals surface area contributed by atoms with E-state index in [2.05, 4.69) is 11.4 Å². The summed E-state index contributed by atoms with van der Waals surface area (Å²) in [4.78, 5) is 0. The Hall–Kier alpha value is -0.860. The van der Waals surface area contributed by atoms with Gasteiger partial charge in [0.25, 0.3) is 0 Å². The third kappa shape index (κ3) is 4.96. The summed E-state index contributed by atoms with van der Waals surface area (Å²) in [5.74, 6) is -0.290. The Morgan fingerprint density at radius 3 is 2.73 bits per heavy atom. The number of nitrogens with one attached hydrogen (secondary N) is 1. The van der Waals surface area contributed by atoms with Crippen LogP contribution in [0.5, 0.6) is 0 Å². The van der Waals surface area contributed by atoms with Crippen molar-refractivity contribution in [3.63, 3.8) is 0 Å². The molecule has 1 aromatic carbocycles. The van der Waals surface area contributed by atoms with Crippen LogP contribution in [-0.4, -0.2) is 6.54 Å². The van der Waals surface area contributed by atoms with E-state index in [9.17, 15) is 4.39 Å². The van der Waals surface area contributed by atoms with Crippen LogP contribution in [0.2, 0.25) is 5.02 Å². The Morgan fingerprint density at radius 1 is 1.40 bits per heavy atom. The van der Waals surface area contributed by atoms with Gasteiger partial charge in [-0.2, -0.15) is 0 Å². The molecule has 1 N–H and O–H groups in total. The number of halogens is 2. The second-order valence-electron chi connectivity index (χ2n) is 3.69. The van der Waals surface area contributed by atoms with Crippen LogP contribution in [0.25, 0.3) is 0 Å². The molecule has 0 amide bonds. The van der Waals surface area contributed by atoms with Crippen molar-refractivity contribution in [1.82, 2.24) is 5.32 Å². The number of allylic oxidation sites excluding steroid dienone is 1. The Bertz CT molecular complexity index is 336. The van der Waals surface area contributed by atoms with Gasteiger partial charge in [0.15, 0.2) is 0 Å². The van der Waals surface area contributed by atoms with Crippen molar-refractivity contribution in [2.75, 3.05) is 6.54 Å². The maximum Gasteiger partial charge on any atom is 0.125 e. The Balaban J connectivity index is 2.47. The van der Waals surface area contributed by atoms with Gasteiger partial charge in [0, 0.05) is 18.1 Å². The minimum Gasteiger partial charge on any atom is -0.309 e. The van der Waals surface area contributed by atoms with Gasteiger partial charge in [-0.3, -0.25) is 0 Å². The summed E-state index contributed by atoms with van der Waals surface area (Å²) < 4.78 is 12.9. The first-order valence-corrected chi connectivity index (χ1v) is 5.25. The van der Waals surface area contributed by atoms with Crippen molar-refractivity contribution < 1.29 is 4.39 Å². The van der Waals surface area contributed by atoms with Crippen molar-refractivity contribution in [3.05, 3.63) is 46.3 Å². The molecule has 0 aromatic heterocycles. The fraction of sp³-hybridized carbons (Fsp3) is 0.333. The minimum absolute atomic E-state index is 0.290. The average Bonchev–Trinajstić information content (AvgIpc) is 2.10. The van der Waals surface area contributed by atoms with Gasteiger partial charge < -0.3 is 5.32 Å². The lowest BCUT2D eigenvalue weighted by atomic mass is 10.2. The third-order valence-corrected chi connectivity index (χ3v) is 2.12. The first-order chi connectivity index (χ1) is 7.08. The Morgan fingerprint density at radius 2 is 2.13 bits per heavy atom. The first kappa shape index (κ1) is 12.2. The van der Waals surface area contributed by atoms with Gasteiger partial charge >= 0.3 is 0 Å². The highest BCUT2D eigenvalue weighted by Gasteiger charge is 1.98. The molecule has 0 heterocycles. The lowest BCUT2D eigenvalue weighted by Crippen LogP contribution is -2.13.